The summed E-state index contributed by atoms with van der Waals surface area (Å²) in [5.41, 5.74) is 2.89. The van der Waals surface area contributed by atoms with E-state index >= 15 is 0 Å². The van der Waals surface area contributed by atoms with Crippen LogP contribution in [0, 0.1) is 22.2 Å². The van der Waals surface area contributed by atoms with Crippen LogP contribution in [0.1, 0.15) is 115 Å². The molecule has 0 radical (unpaired) electrons. The second-order valence-corrected chi connectivity index (χ2v) is 21.3. The molecule has 0 N–H and O–H groups in total. The van der Waals surface area contributed by atoms with E-state index in [1.807, 2.05) is 55.5 Å². The molecule has 304 valence electrons. The van der Waals surface area contributed by atoms with Crippen LogP contribution in [0.25, 0.3) is 0 Å². The summed E-state index contributed by atoms with van der Waals surface area (Å²) in [4.78, 5) is 1.38. The molecule has 0 heterocycles. The van der Waals surface area contributed by atoms with Crippen LogP contribution in [0.5, 0.6) is 23.0 Å². The van der Waals surface area contributed by atoms with Crippen molar-refractivity contribution in [3.63, 3.8) is 0 Å². The Balaban J connectivity index is 0.000000348. The van der Waals surface area contributed by atoms with Gasteiger partial charge in [0, 0.05) is 24.7 Å². The predicted octanol–water partition coefficient (Wildman–Crippen LogP) is 13.2. The van der Waals surface area contributed by atoms with Crippen molar-refractivity contribution >= 4 is 15.4 Å². The Morgan fingerprint density at radius 1 is 0.473 bits per heavy atom. The second-order valence-electron chi connectivity index (χ2n) is 19.0. The number of rotatable bonds is 12. The minimum absolute atomic E-state index is 0.0783. The van der Waals surface area contributed by atoms with Gasteiger partial charge in [-0.05, 0) is 119 Å². The van der Waals surface area contributed by atoms with Gasteiger partial charge in [0.2, 0.25) is 0 Å². The van der Waals surface area contributed by atoms with E-state index in [0.717, 1.165) is 28.9 Å². The van der Waals surface area contributed by atoms with Gasteiger partial charge in [0.05, 0.1) is 26.4 Å². The van der Waals surface area contributed by atoms with Crippen molar-refractivity contribution in [1.29, 1.82) is 0 Å². The molecule has 0 aliphatic carbocycles. The smallest absolute Gasteiger partial charge is 0.119 e. The highest BCUT2D eigenvalue weighted by Gasteiger charge is 2.23. The largest absolute Gasteiger partial charge is 0.494 e. The molecule has 0 saturated heterocycles. The van der Waals surface area contributed by atoms with Crippen LogP contribution in [0.3, 0.4) is 0 Å². The van der Waals surface area contributed by atoms with E-state index in [1.165, 1.54) is 11.1 Å². The normalized spacial score (nSPS) is 13.0. The molecule has 55 heavy (non-hydrogen) atoms. The Morgan fingerprint density at radius 3 is 0.945 bits per heavy atom. The second kappa shape index (κ2) is 20.3. The SMILES string of the molecule is C=S(=O)(c1ccc(OCC)cc1)c1ccc(OCC(C)(C)C)cc1.CC(C)(C)COc1ccc(C(C)(C)c2ccc(OCC(C)(C)C)cc2)cc1.CC(C)C. The Bertz CT molecular complexity index is 1720. The van der Waals surface area contributed by atoms with Gasteiger partial charge in [0.15, 0.2) is 0 Å². The van der Waals surface area contributed by atoms with E-state index in [2.05, 4.69) is 151 Å². The lowest BCUT2D eigenvalue weighted by Gasteiger charge is -2.27. The van der Waals surface area contributed by atoms with Crippen molar-refractivity contribution in [3.8, 4) is 23.0 Å². The fourth-order valence-electron chi connectivity index (χ4n) is 4.82. The van der Waals surface area contributed by atoms with Gasteiger partial charge in [-0.2, -0.15) is 0 Å². The minimum atomic E-state index is -2.54. The van der Waals surface area contributed by atoms with Gasteiger partial charge >= 0.3 is 0 Å². The molecule has 0 aliphatic heterocycles. The van der Waals surface area contributed by atoms with Crippen LogP contribution < -0.4 is 18.9 Å². The lowest BCUT2D eigenvalue weighted by Crippen LogP contribution is -2.20. The zero-order chi connectivity index (χ0) is 41.7. The summed E-state index contributed by atoms with van der Waals surface area (Å²) in [5.74, 6) is 8.17. The third-order valence-electron chi connectivity index (χ3n) is 7.89. The van der Waals surface area contributed by atoms with E-state index in [-0.39, 0.29) is 21.7 Å². The first-order chi connectivity index (χ1) is 25.3. The molecular formula is C49H72O5S. The number of ether oxygens (including phenoxy) is 4. The molecule has 0 amide bonds. The van der Waals surface area contributed by atoms with E-state index in [1.54, 1.807) is 0 Å². The lowest BCUT2D eigenvalue weighted by atomic mass is 9.78. The molecule has 0 saturated carbocycles. The van der Waals surface area contributed by atoms with Crippen molar-refractivity contribution in [2.75, 3.05) is 26.4 Å². The van der Waals surface area contributed by atoms with Gasteiger partial charge in [-0.1, -0.05) is 121 Å². The third-order valence-corrected chi connectivity index (χ3v) is 9.95. The predicted molar refractivity (Wildman–Crippen MR) is 236 cm³/mol. The van der Waals surface area contributed by atoms with Gasteiger partial charge in [-0.15, -0.1) is 0 Å². The zero-order valence-electron chi connectivity index (χ0n) is 36.8. The summed E-state index contributed by atoms with van der Waals surface area (Å²) in [6, 6.07) is 31.6. The molecule has 0 spiro atoms. The van der Waals surface area contributed by atoms with Crippen LogP contribution in [-0.4, -0.2) is 36.5 Å². The molecule has 5 nitrogen and oxygen atoms in total. The molecule has 4 rings (SSSR count). The summed E-state index contributed by atoms with van der Waals surface area (Å²) in [7, 11) is -2.54. The van der Waals surface area contributed by atoms with Crippen LogP contribution in [0.15, 0.2) is 107 Å². The first-order valence-corrected chi connectivity index (χ1v) is 21.3. The standard InChI is InChI=1S/C25H36O2.C20H26O3S.C4H10/c1-23(2,3)17-26-21-13-9-19(10-14-21)25(7,8)20-11-15-22(16-12-20)27-18-24(4,5)6;1-6-22-16-7-11-18(12-8-16)24(5,21)19-13-9-17(10-14-19)23-15-20(2,3)4;1-4(2)3/h9-16H,17-18H2,1-8H3;7-14H,5-6,15H2,1-4H3;4H,1-3H3. The molecule has 0 fully saturated rings. The van der Waals surface area contributed by atoms with Gasteiger partial charge in [0.1, 0.15) is 23.0 Å². The minimum Gasteiger partial charge on any atom is -0.494 e. The zero-order valence-corrected chi connectivity index (χ0v) is 37.6. The first kappa shape index (κ1) is 47.3. The molecule has 4 aromatic carbocycles. The molecule has 0 aliphatic rings. The average Bonchev–Trinajstić information content (AvgIpc) is 3.09. The summed E-state index contributed by atoms with van der Waals surface area (Å²) in [5, 5.41) is 0. The average molecular weight is 773 g/mol. The fourth-order valence-corrected chi connectivity index (χ4v) is 6.24. The number of hydrogen-bond donors (Lipinski definition) is 0. The molecular weight excluding hydrogens is 701 g/mol. The van der Waals surface area contributed by atoms with Gasteiger partial charge < -0.3 is 18.9 Å². The van der Waals surface area contributed by atoms with Crippen LogP contribution in [-0.2, 0) is 14.9 Å². The van der Waals surface area contributed by atoms with Crippen LogP contribution in [0.4, 0.5) is 0 Å². The molecule has 6 heteroatoms. The van der Waals surface area contributed by atoms with Gasteiger partial charge in [0.25, 0.3) is 0 Å². The maximum Gasteiger partial charge on any atom is 0.119 e. The van der Waals surface area contributed by atoms with Crippen molar-refractivity contribution in [1.82, 2.24) is 0 Å². The summed E-state index contributed by atoms with van der Waals surface area (Å²) < 4.78 is 36.1. The lowest BCUT2D eigenvalue weighted by molar-refractivity contribution is 0.198. The van der Waals surface area contributed by atoms with E-state index < -0.39 is 9.52 Å². The molecule has 0 aromatic heterocycles. The first-order valence-electron chi connectivity index (χ1n) is 19.6. The highest BCUT2D eigenvalue weighted by Crippen LogP contribution is 2.34. The number of hydrogen-bond acceptors (Lipinski definition) is 5. The van der Waals surface area contributed by atoms with Crippen molar-refractivity contribution < 1.29 is 23.2 Å². The van der Waals surface area contributed by atoms with Gasteiger partial charge in [-0.3, -0.25) is 4.21 Å². The van der Waals surface area contributed by atoms with E-state index in [4.69, 9.17) is 18.9 Å². The van der Waals surface area contributed by atoms with Crippen molar-refractivity contribution in [2.24, 2.45) is 22.2 Å². The van der Waals surface area contributed by atoms with Gasteiger partial charge in [-0.25, -0.2) is 0 Å². The van der Waals surface area contributed by atoms with Crippen LogP contribution >= 0.6 is 0 Å². The monoisotopic (exact) mass is 773 g/mol. The Hall–Kier alpha value is -3.90. The van der Waals surface area contributed by atoms with Crippen LogP contribution in [0.2, 0.25) is 0 Å². The summed E-state index contributed by atoms with van der Waals surface area (Å²) in [6.45, 7) is 35.0. The molecule has 1 atom stereocenters. The molecule has 4 aromatic rings. The Morgan fingerprint density at radius 2 is 0.709 bits per heavy atom. The quantitative estimate of drug-likeness (QED) is 0.134. The Kier molecular flexibility index (Phi) is 17.5. The molecule has 1 unspecified atom stereocenters. The summed E-state index contributed by atoms with van der Waals surface area (Å²) >= 11 is 0. The molecule has 0 bridgehead atoms. The maximum atomic E-state index is 13.1. The topological polar surface area (TPSA) is 54.0 Å². The highest BCUT2D eigenvalue weighted by atomic mass is 32.2. The van der Waals surface area contributed by atoms with E-state index in [9.17, 15) is 4.21 Å². The van der Waals surface area contributed by atoms with E-state index in [0.29, 0.717) is 36.2 Å². The third kappa shape index (κ3) is 17.6. The maximum absolute atomic E-state index is 13.1. The highest BCUT2D eigenvalue weighted by molar-refractivity contribution is 8.00. The number of benzene rings is 4. The Labute approximate surface area is 336 Å². The van der Waals surface area contributed by atoms with Crippen molar-refractivity contribution in [2.45, 2.75) is 119 Å². The van der Waals surface area contributed by atoms with Crippen molar-refractivity contribution in [3.05, 3.63) is 108 Å². The fraction of sp³-hybridized carbons (Fsp3) is 0.490. The summed E-state index contributed by atoms with van der Waals surface area (Å²) in [6.07, 6.45) is 0.